The van der Waals surface area contributed by atoms with Crippen LogP contribution in [0.1, 0.15) is 30.7 Å². The molecular formula is C17H25N3. The summed E-state index contributed by atoms with van der Waals surface area (Å²) in [5, 5.41) is 3.54. The average molecular weight is 271 g/mol. The molecule has 3 heteroatoms. The SMILES string of the molecule is c1ccc2c(c1)NCCC2CN1CCN2CCCC2C1. The van der Waals surface area contributed by atoms with Crippen LogP contribution in [0.3, 0.4) is 0 Å². The third kappa shape index (κ3) is 2.33. The van der Waals surface area contributed by atoms with Crippen LogP contribution >= 0.6 is 0 Å². The summed E-state index contributed by atoms with van der Waals surface area (Å²) in [4.78, 5) is 5.42. The highest BCUT2D eigenvalue weighted by molar-refractivity contribution is 5.54. The monoisotopic (exact) mass is 271 g/mol. The van der Waals surface area contributed by atoms with Gasteiger partial charge in [-0.2, -0.15) is 0 Å². The van der Waals surface area contributed by atoms with Gasteiger partial charge in [0, 0.05) is 50.4 Å². The van der Waals surface area contributed by atoms with E-state index in [1.54, 1.807) is 0 Å². The van der Waals surface area contributed by atoms with Gasteiger partial charge in [0.1, 0.15) is 0 Å². The van der Waals surface area contributed by atoms with E-state index in [4.69, 9.17) is 0 Å². The zero-order chi connectivity index (χ0) is 13.4. The van der Waals surface area contributed by atoms with Gasteiger partial charge in [0.25, 0.3) is 0 Å². The lowest BCUT2D eigenvalue weighted by atomic mass is 9.90. The summed E-state index contributed by atoms with van der Waals surface area (Å²) in [5.74, 6) is 0.723. The number of hydrogen-bond acceptors (Lipinski definition) is 3. The molecule has 1 N–H and O–H groups in total. The molecule has 0 aliphatic carbocycles. The quantitative estimate of drug-likeness (QED) is 0.891. The number of rotatable bonds is 2. The molecule has 3 nitrogen and oxygen atoms in total. The molecule has 4 rings (SSSR count). The Morgan fingerprint density at radius 3 is 3.05 bits per heavy atom. The minimum Gasteiger partial charge on any atom is -0.385 e. The lowest BCUT2D eigenvalue weighted by Crippen LogP contribution is -2.51. The van der Waals surface area contributed by atoms with Crippen LogP contribution in [0.15, 0.2) is 24.3 Å². The standard InChI is InChI=1S/C17H25N3/c1-2-6-17-16(5-1)14(7-8-18-17)12-19-10-11-20-9-3-4-15(20)13-19/h1-2,5-6,14-15,18H,3-4,7-13H2. The second-order valence-corrected chi connectivity index (χ2v) is 6.59. The van der Waals surface area contributed by atoms with Gasteiger partial charge in [-0.15, -0.1) is 0 Å². The molecule has 1 aromatic carbocycles. The van der Waals surface area contributed by atoms with Gasteiger partial charge in [-0.05, 0) is 37.4 Å². The van der Waals surface area contributed by atoms with Gasteiger partial charge in [-0.25, -0.2) is 0 Å². The van der Waals surface area contributed by atoms with Gasteiger partial charge >= 0.3 is 0 Å². The summed E-state index contributed by atoms with van der Waals surface area (Å²) < 4.78 is 0. The molecule has 3 aliphatic heterocycles. The molecule has 0 bridgehead atoms. The van der Waals surface area contributed by atoms with Crippen LogP contribution in [0.2, 0.25) is 0 Å². The Hall–Kier alpha value is -1.06. The minimum absolute atomic E-state index is 0.723. The highest BCUT2D eigenvalue weighted by Gasteiger charge is 2.32. The summed E-state index contributed by atoms with van der Waals surface area (Å²) in [7, 11) is 0. The summed E-state index contributed by atoms with van der Waals surface area (Å²) in [5.41, 5.74) is 2.90. The Morgan fingerprint density at radius 2 is 2.05 bits per heavy atom. The topological polar surface area (TPSA) is 18.5 Å². The van der Waals surface area contributed by atoms with Crippen molar-refractivity contribution in [2.45, 2.75) is 31.2 Å². The molecule has 0 radical (unpaired) electrons. The molecule has 0 spiro atoms. The minimum atomic E-state index is 0.723. The molecule has 0 aromatic heterocycles. The number of anilines is 1. The van der Waals surface area contributed by atoms with Crippen LogP contribution in [0.5, 0.6) is 0 Å². The maximum atomic E-state index is 3.54. The Bertz CT molecular complexity index is 473. The molecule has 0 amide bonds. The molecule has 3 aliphatic rings. The van der Waals surface area contributed by atoms with Crippen molar-refractivity contribution in [2.24, 2.45) is 0 Å². The first-order valence-electron chi connectivity index (χ1n) is 8.19. The Kier molecular flexibility index (Phi) is 3.41. The predicted molar refractivity (Wildman–Crippen MR) is 83.3 cm³/mol. The van der Waals surface area contributed by atoms with Crippen LogP contribution < -0.4 is 5.32 Å². The zero-order valence-electron chi connectivity index (χ0n) is 12.2. The molecular weight excluding hydrogens is 246 g/mol. The molecule has 2 atom stereocenters. The van der Waals surface area contributed by atoms with E-state index in [1.807, 2.05) is 0 Å². The molecule has 2 fully saturated rings. The summed E-state index contributed by atoms with van der Waals surface area (Å²) >= 11 is 0. The number of fused-ring (bicyclic) bond motifs is 2. The van der Waals surface area contributed by atoms with Gasteiger partial charge in [0.15, 0.2) is 0 Å². The van der Waals surface area contributed by atoms with Crippen LogP contribution in [0.4, 0.5) is 5.69 Å². The number of para-hydroxylation sites is 1. The maximum Gasteiger partial charge on any atom is 0.0376 e. The number of hydrogen-bond donors (Lipinski definition) is 1. The highest BCUT2D eigenvalue weighted by Crippen LogP contribution is 2.32. The number of nitrogens with one attached hydrogen (secondary N) is 1. The van der Waals surface area contributed by atoms with Crippen LogP contribution in [0, 0.1) is 0 Å². The van der Waals surface area contributed by atoms with E-state index in [0.29, 0.717) is 0 Å². The third-order valence-corrected chi connectivity index (χ3v) is 5.36. The van der Waals surface area contributed by atoms with Gasteiger partial charge in [0.2, 0.25) is 0 Å². The van der Waals surface area contributed by atoms with E-state index in [0.717, 1.165) is 18.5 Å². The van der Waals surface area contributed by atoms with Crippen LogP contribution in [-0.4, -0.2) is 55.1 Å². The molecule has 108 valence electrons. The van der Waals surface area contributed by atoms with Gasteiger partial charge < -0.3 is 5.32 Å². The van der Waals surface area contributed by atoms with Crippen molar-refractivity contribution in [3.8, 4) is 0 Å². The van der Waals surface area contributed by atoms with Gasteiger partial charge in [-0.1, -0.05) is 18.2 Å². The van der Waals surface area contributed by atoms with Gasteiger partial charge in [0.05, 0.1) is 0 Å². The number of piperazine rings is 1. The molecule has 3 heterocycles. The van der Waals surface area contributed by atoms with E-state index in [9.17, 15) is 0 Å². The Morgan fingerprint density at radius 1 is 1.10 bits per heavy atom. The van der Waals surface area contributed by atoms with Crippen molar-refractivity contribution in [3.63, 3.8) is 0 Å². The maximum absolute atomic E-state index is 3.54. The molecule has 2 saturated heterocycles. The van der Waals surface area contributed by atoms with E-state index in [2.05, 4.69) is 39.4 Å². The van der Waals surface area contributed by atoms with Crippen molar-refractivity contribution in [2.75, 3.05) is 44.6 Å². The number of benzene rings is 1. The van der Waals surface area contributed by atoms with E-state index < -0.39 is 0 Å². The van der Waals surface area contributed by atoms with Crippen LogP contribution in [-0.2, 0) is 0 Å². The first-order chi connectivity index (χ1) is 9.90. The zero-order valence-corrected chi connectivity index (χ0v) is 12.2. The van der Waals surface area contributed by atoms with Crippen LogP contribution in [0.25, 0.3) is 0 Å². The highest BCUT2D eigenvalue weighted by atomic mass is 15.3. The summed E-state index contributed by atoms with van der Waals surface area (Å²) in [6, 6.07) is 9.73. The first kappa shape index (κ1) is 12.7. The van der Waals surface area contributed by atoms with Crippen molar-refractivity contribution >= 4 is 5.69 Å². The fourth-order valence-corrected chi connectivity index (χ4v) is 4.27. The normalized spacial score (nSPS) is 30.6. The third-order valence-electron chi connectivity index (χ3n) is 5.36. The largest absolute Gasteiger partial charge is 0.385 e. The van der Waals surface area contributed by atoms with Gasteiger partial charge in [-0.3, -0.25) is 9.80 Å². The fourth-order valence-electron chi connectivity index (χ4n) is 4.27. The summed E-state index contributed by atoms with van der Waals surface area (Å²) in [6.45, 7) is 7.58. The van der Waals surface area contributed by atoms with Crippen molar-refractivity contribution in [1.82, 2.24) is 9.80 Å². The van der Waals surface area contributed by atoms with E-state index >= 15 is 0 Å². The summed E-state index contributed by atoms with van der Waals surface area (Å²) in [6.07, 6.45) is 4.11. The molecule has 0 saturated carbocycles. The first-order valence-corrected chi connectivity index (χ1v) is 8.19. The van der Waals surface area contributed by atoms with E-state index in [-0.39, 0.29) is 0 Å². The van der Waals surface area contributed by atoms with Crippen molar-refractivity contribution in [1.29, 1.82) is 0 Å². The molecule has 20 heavy (non-hydrogen) atoms. The Labute approximate surface area is 121 Å². The second-order valence-electron chi connectivity index (χ2n) is 6.59. The van der Waals surface area contributed by atoms with E-state index in [1.165, 1.54) is 63.2 Å². The fraction of sp³-hybridized carbons (Fsp3) is 0.647. The smallest absolute Gasteiger partial charge is 0.0376 e. The lowest BCUT2D eigenvalue weighted by Gasteiger charge is -2.40. The molecule has 2 unspecified atom stereocenters. The second kappa shape index (κ2) is 5.38. The average Bonchev–Trinajstić information content (AvgIpc) is 2.95. The Balaban J connectivity index is 1.45. The lowest BCUT2D eigenvalue weighted by molar-refractivity contribution is 0.0987. The number of nitrogens with zero attached hydrogens (tertiary/aromatic N) is 2. The molecule has 1 aromatic rings. The van der Waals surface area contributed by atoms with Crippen molar-refractivity contribution < 1.29 is 0 Å². The van der Waals surface area contributed by atoms with Crippen molar-refractivity contribution in [3.05, 3.63) is 29.8 Å². The predicted octanol–water partition coefficient (Wildman–Crippen LogP) is 2.37.